The van der Waals surface area contributed by atoms with Crippen LogP contribution >= 0.6 is 11.3 Å². The van der Waals surface area contributed by atoms with E-state index in [1.54, 1.807) is 0 Å². The van der Waals surface area contributed by atoms with Crippen LogP contribution in [0.1, 0.15) is 0 Å². The molecule has 10 rings (SSSR count). The molecule has 0 amide bonds. The van der Waals surface area contributed by atoms with Crippen LogP contribution < -0.4 is 0 Å². The van der Waals surface area contributed by atoms with Gasteiger partial charge in [-0.2, -0.15) is 0 Å². The highest BCUT2D eigenvalue weighted by Crippen LogP contribution is 2.42. The van der Waals surface area contributed by atoms with Crippen molar-refractivity contribution >= 4 is 53.4 Å². The second-order valence-electron chi connectivity index (χ2n) is 12.9. The van der Waals surface area contributed by atoms with E-state index in [2.05, 4.69) is 182 Å². The molecule has 2 aromatic heterocycles. The van der Waals surface area contributed by atoms with Crippen LogP contribution in [0.5, 0.6) is 0 Å². The number of para-hydroxylation sites is 2. The summed E-state index contributed by atoms with van der Waals surface area (Å²) in [5, 5.41) is 4.89. The maximum atomic E-state index is 6.88. The van der Waals surface area contributed by atoms with Gasteiger partial charge in [0.1, 0.15) is 11.2 Å². The lowest BCUT2D eigenvalue weighted by molar-refractivity contribution is 0.671. The summed E-state index contributed by atoms with van der Waals surface area (Å²) in [4.78, 5) is 0. The number of fused-ring (bicyclic) bond motifs is 6. The summed E-state index contributed by atoms with van der Waals surface area (Å²) in [6.45, 7) is 0. The zero-order valence-corrected chi connectivity index (χ0v) is 28.0. The Morgan fingerprint density at radius 2 is 0.720 bits per heavy atom. The Bertz CT molecular complexity index is 2850. The van der Waals surface area contributed by atoms with E-state index in [1.165, 1.54) is 53.6 Å². The summed E-state index contributed by atoms with van der Waals surface area (Å²) in [6, 6.07) is 65.5. The van der Waals surface area contributed by atoms with Gasteiger partial charge in [0.2, 0.25) is 0 Å². The molecular weight excluding hydrogens is 625 g/mol. The second-order valence-corrected chi connectivity index (χ2v) is 14.0. The van der Waals surface area contributed by atoms with Gasteiger partial charge in [-0.1, -0.05) is 152 Å². The third kappa shape index (κ3) is 4.84. The van der Waals surface area contributed by atoms with Crippen LogP contribution in [0.4, 0.5) is 0 Å². The Kier molecular flexibility index (Phi) is 6.75. The molecule has 50 heavy (non-hydrogen) atoms. The number of thiophene rings is 1. The van der Waals surface area contributed by atoms with Crippen molar-refractivity contribution < 1.29 is 4.42 Å². The van der Waals surface area contributed by atoms with Crippen molar-refractivity contribution in [3.05, 3.63) is 182 Å². The fourth-order valence-corrected chi connectivity index (χ4v) is 8.49. The Morgan fingerprint density at radius 1 is 0.280 bits per heavy atom. The summed E-state index contributed by atoms with van der Waals surface area (Å²) in [5.41, 5.74) is 13.5. The highest BCUT2D eigenvalue weighted by Gasteiger charge is 2.17. The van der Waals surface area contributed by atoms with E-state index in [-0.39, 0.29) is 0 Å². The van der Waals surface area contributed by atoms with Gasteiger partial charge in [-0.25, -0.2) is 0 Å². The molecule has 0 aliphatic rings. The summed E-state index contributed by atoms with van der Waals surface area (Å²) in [6.07, 6.45) is 0. The van der Waals surface area contributed by atoms with Crippen molar-refractivity contribution in [3.63, 3.8) is 0 Å². The van der Waals surface area contributed by atoms with Gasteiger partial charge in [0.05, 0.1) is 0 Å². The SMILES string of the molecule is c1ccc(-c2ccc(-c3cccc(-c4cccc5c4oc4c(-c6cccc(-c7ccc8sc9ccccc9c8c7)c6)cccc45)c3)cc2)cc1. The van der Waals surface area contributed by atoms with Gasteiger partial charge in [0, 0.05) is 42.1 Å². The van der Waals surface area contributed by atoms with Crippen molar-refractivity contribution in [3.8, 4) is 55.6 Å². The molecule has 0 aliphatic heterocycles. The minimum Gasteiger partial charge on any atom is -0.455 e. The predicted octanol–water partition coefficient (Wildman–Crippen LogP) is 14.3. The summed E-state index contributed by atoms with van der Waals surface area (Å²) < 4.78 is 9.52. The molecule has 0 N–H and O–H groups in total. The lowest BCUT2D eigenvalue weighted by atomic mass is 9.95. The Balaban J connectivity index is 1.04. The largest absolute Gasteiger partial charge is 0.455 e. The first-order valence-electron chi connectivity index (χ1n) is 17.0. The van der Waals surface area contributed by atoms with Gasteiger partial charge < -0.3 is 4.42 Å². The minimum atomic E-state index is 0.914. The molecule has 0 saturated carbocycles. The lowest BCUT2D eigenvalue weighted by Gasteiger charge is -2.08. The van der Waals surface area contributed by atoms with Crippen molar-refractivity contribution in [2.75, 3.05) is 0 Å². The van der Waals surface area contributed by atoms with Crippen LogP contribution in [0.2, 0.25) is 0 Å². The summed E-state index contributed by atoms with van der Waals surface area (Å²) >= 11 is 1.86. The van der Waals surface area contributed by atoms with Gasteiger partial charge >= 0.3 is 0 Å². The third-order valence-corrected chi connectivity index (χ3v) is 11.1. The first-order valence-corrected chi connectivity index (χ1v) is 17.8. The van der Waals surface area contributed by atoms with Crippen LogP contribution in [0.15, 0.2) is 186 Å². The highest BCUT2D eigenvalue weighted by atomic mass is 32.1. The fourth-order valence-electron chi connectivity index (χ4n) is 7.40. The van der Waals surface area contributed by atoms with Crippen LogP contribution in [0.3, 0.4) is 0 Å². The molecular formula is C48H30OS. The maximum absolute atomic E-state index is 6.88. The van der Waals surface area contributed by atoms with Gasteiger partial charge in [-0.3, -0.25) is 0 Å². The molecule has 10 aromatic rings. The van der Waals surface area contributed by atoms with E-state index >= 15 is 0 Å². The maximum Gasteiger partial charge on any atom is 0.143 e. The Morgan fingerprint density at radius 3 is 1.40 bits per heavy atom. The topological polar surface area (TPSA) is 13.1 Å². The van der Waals surface area contributed by atoms with Crippen molar-refractivity contribution in [1.82, 2.24) is 0 Å². The lowest BCUT2D eigenvalue weighted by Crippen LogP contribution is -1.83. The molecule has 0 bridgehead atoms. The minimum absolute atomic E-state index is 0.914. The quantitative estimate of drug-likeness (QED) is 0.180. The predicted molar refractivity (Wildman–Crippen MR) is 214 cm³/mol. The first kappa shape index (κ1) is 28.8. The average Bonchev–Trinajstić information content (AvgIpc) is 3.77. The molecule has 0 fully saturated rings. The van der Waals surface area contributed by atoms with E-state index in [1.807, 2.05) is 11.3 Å². The molecule has 0 unspecified atom stereocenters. The molecule has 1 nitrogen and oxygen atoms in total. The van der Waals surface area contributed by atoms with Gasteiger partial charge in [-0.15, -0.1) is 11.3 Å². The van der Waals surface area contributed by atoms with Crippen molar-refractivity contribution in [2.24, 2.45) is 0 Å². The first-order chi connectivity index (χ1) is 24.8. The normalized spacial score (nSPS) is 11.6. The van der Waals surface area contributed by atoms with Crippen LogP contribution in [-0.2, 0) is 0 Å². The standard InChI is InChI=1S/C48H30OS/c1-2-10-31(11-3-1)32-22-24-33(25-23-32)34-12-6-14-37(28-34)39-17-8-19-42-43-20-9-18-40(48(43)49-47(39)42)38-15-7-13-35(29-38)36-26-27-46-44(30-36)41-16-4-5-21-45(41)50-46/h1-30H. The summed E-state index contributed by atoms with van der Waals surface area (Å²) in [7, 11) is 0. The van der Waals surface area contributed by atoms with E-state index < -0.39 is 0 Å². The zero-order chi connectivity index (χ0) is 33.0. The number of hydrogen-bond acceptors (Lipinski definition) is 2. The van der Waals surface area contributed by atoms with Crippen molar-refractivity contribution in [1.29, 1.82) is 0 Å². The molecule has 0 radical (unpaired) electrons. The van der Waals surface area contributed by atoms with Crippen LogP contribution in [0.25, 0.3) is 97.7 Å². The number of furan rings is 1. The fraction of sp³-hybridized carbons (Fsp3) is 0. The molecule has 0 spiro atoms. The monoisotopic (exact) mass is 654 g/mol. The third-order valence-electron chi connectivity index (χ3n) is 9.91. The van der Waals surface area contributed by atoms with Crippen molar-refractivity contribution in [2.45, 2.75) is 0 Å². The smallest absolute Gasteiger partial charge is 0.143 e. The molecule has 2 heteroatoms. The highest BCUT2D eigenvalue weighted by molar-refractivity contribution is 7.25. The second kappa shape index (κ2) is 11.7. The number of benzene rings is 8. The van der Waals surface area contributed by atoms with E-state index in [4.69, 9.17) is 4.42 Å². The van der Waals surface area contributed by atoms with Crippen LogP contribution in [-0.4, -0.2) is 0 Å². The Hall–Kier alpha value is -6.22. The molecule has 8 aromatic carbocycles. The van der Waals surface area contributed by atoms with E-state index in [0.717, 1.165) is 44.2 Å². The Labute approximate surface area is 294 Å². The van der Waals surface area contributed by atoms with Gasteiger partial charge in [-0.05, 0) is 74.8 Å². The molecule has 0 saturated heterocycles. The van der Waals surface area contributed by atoms with Crippen LogP contribution in [0, 0.1) is 0 Å². The number of rotatable bonds is 5. The van der Waals surface area contributed by atoms with E-state index in [0.29, 0.717) is 0 Å². The zero-order valence-electron chi connectivity index (χ0n) is 27.1. The molecule has 234 valence electrons. The number of hydrogen-bond donors (Lipinski definition) is 0. The summed E-state index contributed by atoms with van der Waals surface area (Å²) in [5.74, 6) is 0. The molecule has 2 heterocycles. The molecule has 0 atom stereocenters. The average molecular weight is 655 g/mol. The molecule has 0 aliphatic carbocycles. The van der Waals surface area contributed by atoms with Gasteiger partial charge in [0.25, 0.3) is 0 Å². The van der Waals surface area contributed by atoms with E-state index in [9.17, 15) is 0 Å². The van der Waals surface area contributed by atoms with Gasteiger partial charge in [0.15, 0.2) is 0 Å².